The first-order valence-electron chi connectivity index (χ1n) is 12.6. The predicted octanol–water partition coefficient (Wildman–Crippen LogP) is 5.81. The van der Waals surface area contributed by atoms with Gasteiger partial charge in [0.05, 0.1) is 29.5 Å². The molecule has 2 aliphatic heterocycles. The van der Waals surface area contributed by atoms with Gasteiger partial charge in [-0.2, -0.15) is 13.2 Å². The summed E-state index contributed by atoms with van der Waals surface area (Å²) in [5.41, 5.74) is 1.05. The number of halogens is 3. The van der Waals surface area contributed by atoms with E-state index in [0.717, 1.165) is 36.1 Å². The van der Waals surface area contributed by atoms with Crippen molar-refractivity contribution in [1.29, 1.82) is 0 Å². The number of ether oxygens (including phenoxy) is 1. The number of carbonyl (C=O) groups excluding carboxylic acids is 2. The van der Waals surface area contributed by atoms with Gasteiger partial charge in [0.2, 0.25) is 5.91 Å². The molecule has 2 saturated heterocycles. The van der Waals surface area contributed by atoms with Gasteiger partial charge in [0.15, 0.2) is 0 Å². The van der Waals surface area contributed by atoms with Gasteiger partial charge in [-0.25, -0.2) is 0 Å². The summed E-state index contributed by atoms with van der Waals surface area (Å²) >= 11 is 0. The van der Waals surface area contributed by atoms with Gasteiger partial charge in [-0.3, -0.25) is 14.5 Å². The largest absolute Gasteiger partial charge is 0.418 e. The van der Waals surface area contributed by atoms with E-state index in [0.29, 0.717) is 18.7 Å². The maximum atomic E-state index is 13.7. The average Bonchev–Trinajstić information content (AvgIpc) is 3.25. The van der Waals surface area contributed by atoms with Gasteiger partial charge < -0.3 is 15.4 Å². The zero-order chi connectivity index (χ0) is 26.9. The van der Waals surface area contributed by atoms with E-state index in [9.17, 15) is 22.8 Å². The van der Waals surface area contributed by atoms with Crippen LogP contribution in [0.25, 0.3) is 11.1 Å². The van der Waals surface area contributed by atoms with Crippen LogP contribution in [0.4, 0.5) is 24.5 Å². The van der Waals surface area contributed by atoms with Crippen LogP contribution in [0.5, 0.6) is 0 Å². The standard InChI is InChI=1S/C29H28F3N3O3/c1-18(35-16-23-12-13-24(17-35)38-23)27(36)34-26-15-22(11-14-25(26)29(30,31)32)33-28(37)21-9-7-20(8-10-21)19-5-3-2-4-6-19/h2-11,14-15,18,23-24H,12-13,16-17H2,1H3,(H,33,37)(H,34,36)/t18-,23?,24?/m1/s1. The van der Waals surface area contributed by atoms with Crippen molar-refractivity contribution in [3.8, 4) is 11.1 Å². The van der Waals surface area contributed by atoms with Crippen molar-refractivity contribution in [3.05, 3.63) is 83.9 Å². The lowest BCUT2D eigenvalue weighted by atomic mass is 10.0. The summed E-state index contributed by atoms with van der Waals surface area (Å²) in [7, 11) is 0. The molecule has 2 N–H and O–H groups in total. The zero-order valence-electron chi connectivity index (χ0n) is 20.8. The summed E-state index contributed by atoms with van der Waals surface area (Å²) in [6, 6.07) is 19.1. The first kappa shape index (κ1) is 25.9. The van der Waals surface area contributed by atoms with Crippen molar-refractivity contribution in [2.24, 2.45) is 0 Å². The van der Waals surface area contributed by atoms with Gasteiger partial charge in [0, 0.05) is 24.3 Å². The Kier molecular flexibility index (Phi) is 7.23. The normalized spacial score (nSPS) is 20.1. The summed E-state index contributed by atoms with van der Waals surface area (Å²) in [4.78, 5) is 27.7. The van der Waals surface area contributed by atoms with E-state index >= 15 is 0 Å². The highest BCUT2D eigenvalue weighted by molar-refractivity contribution is 6.05. The van der Waals surface area contributed by atoms with Crippen LogP contribution in [0, 0.1) is 0 Å². The van der Waals surface area contributed by atoms with Gasteiger partial charge in [-0.1, -0.05) is 42.5 Å². The van der Waals surface area contributed by atoms with Gasteiger partial charge >= 0.3 is 6.18 Å². The molecule has 3 aromatic rings. The Morgan fingerprint density at radius 2 is 1.53 bits per heavy atom. The molecule has 0 saturated carbocycles. The Morgan fingerprint density at radius 1 is 0.895 bits per heavy atom. The molecular formula is C29H28F3N3O3. The minimum atomic E-state index is -4.68. The Balaban J connectivity index is 1.31. The quantitative estimate of drug-likeness (QED) is 0.428. The molecule has 2 amide bonds. The third-order valence-electron chi connectivity index (χ3n) is 7.09. The third-order valence-corrected chi connectivity index (χ3v) is 7.09. The molecular weight excluding hydrogens is 495 g/mol. The number of nitrogens with zero attached hydrogens (tertiary/aromatic N) is 1. The van der Waals surface area contributed by atoms with Crippen LogP contribution in [0.15, 0.2) is 72.8 Å². The molecule has 2 aliphatic rings. The average molecular weight is 524 g/mol. The van der Waals surface area contributed by atoms with E-state index in [-0.39, 0.29) is 17.9 Å². The predicted molar refractivity (Wildman–Crippen MR) is 139 cm³/mol. The number of rotatable bonds is 6. The number of likely N-dealkylation sites (tertiary alicyclic amines) is 1. The number of carbonyl (C=O) groups is 2. The number of morpholine rings is 1. The maximum absolute atomic E-state index is 13.7. The van der Waals surface area contributed by atoms with Crippen LogP contribution in [-0.4, -0.2) is 48.1 Å². The molecule has 9 heteroatoms. The minimum absolute atomic E-state index is 0.0510. The molecule has 38 heavy (non-hydrogen) atoms. The second-order valence-corrected chi connectivity index (χ2v) is 9.73. The highest BCUT2D eigenvalue weighted by Gasteiger charge is 2.38. The number of hydrogen-bond acceptors (Lipinski definition) is 4. The maximum Gasteiger partial charge on any atom is 0.418 e. The molecule has 0 radical (unpaired) electrons. The topological polar surface area (TPSA) is 70.7 Å². The lowest BCUT2D eigenvalue weighted by Crippen LogP contribution is -2.51. The number of anilines is 2. The van der Waals surface area contributed by atoms with Crippen LogP contribution in [-0.2, 0) is 15.7 Å². The van der Waals surface area contributed by atoms with Gasteiger partial charge in [0.1, 0.15) is 0 Å². The Labute approximate surface area is 218 Å². The van der Waals surface area contributed by atoms with Crippen LogP contribution in [0.1, 0.15) is 35.7 Å². The molecule has 3 atom stereocenters. The second-order valence-electron chi connectivity index (χ2n) is 9.73. The molecule has 2 unspecified atom stereocenters. The van der Waals surface area contributed by atoms with E-state index in [2.05, 4.69) is 10.6 Å². The Hall–Kier alpha value is -3.69. The first-order valence-corrected chi connectivity index (χ1v) is 12.6. The Bertz CT molecular complexity index is 1300. The number of benzene rings is 3. The molecule has 0 spiro atoms. The smallest absolute Gasteiger partial charge is 0.372 e. The summed E-state index contributed by atoms with van der Waals surface area (Å²) in [6.07, 6.45) is -2.74. The highest BCUT2D eigenvalue weighted by Crippen LogP contribution is 2.37. The molecule has 198 valence electrons. The fraction of sp³-hybridized carbons (Fsp3) is 0.310. The molecule has 2 fully saturated rings. The summed E-state index contributed by atoms with van der Waals surface area (Å²) in [5, 5.41) is 5.09. The van der Waals surface area contributed by atoms with Crippen LogP contribution >= 0.6 is 0 Å². The number of alkyl halides is 3. The molecule has 3 aromatic carbocycles. The molecule has 0 aliphatic carbocycles. The lowest BCUT2D eigenvalue weighted by molar-refractivity contribution is -0.137. The van der Waals surface area contributed by atoms with Crippen molar-refractivity contribution in [2.75, 3.05) is 23.7 Å². The number of hydrogen-bond donors (Lipinski definition) is 2. The van der Waals surface area contributed by atoms with Gasteiger partial charge in [-0.15, -0.1) is 0 Å². The molecule has 6 nitrogen and oxygen atoms in total. The number of fused-ring (bicyclic) bond motifs is 2. The van der Waals surface area contributed by atoms with Crippen LogP contribution in [0.3, 0.4) is 0 Å². The van der Waals surface area contributed by atoms with Crippen molar-refractivity contribution < 1.29 is 27.5 Å². The van der Waals surface area contributed by atoms with Crippen molar-refractivity contribution in [3.63, 3.8) is 0 Å². The lowest BCUT2D eigenvalue weighted by Gasteiger charge is -2.35. The van der Waals surface area contributed by atoms with Crippen molar-refractivity contribution in [2.45, 2.75) is 44.2 Å². The van der Waals surface area contributed by atoms with E-state index in [1.54, 1.807) is 19.1 Å². The summed E-state index contributed by atoms with van der Waals surface area (Å²) in [6.45, 7) is 2.81. The molecule has 2 bridgehead atoms. The van der Waals surface area contributed by atoms with Crippen LogP contribution in [0.2, 0.25) is 0 Å². The Morgan fingerprint density at radius 3 is 2.16 bits per heavy atom. The first-order chi connectivity index (χ1) is 18.2. The molecule has 5 rings (SSSR count). The van der Waals surface area contributed by atoms with E-state index < -0.39 is 35.3 Å². The molecule has 0 aromatic heterocycles. The fourth-order valence-electron chi connectivity index (χ4n) is 4.99. The van der Waals surface area contributed by atoms with E-state index in [1.807, 2.05) is 47.4 Å². The SMILES string of the molecule is C[C@H](C(=O)Nc1cc(NC(=O)c2ccc(-c3ccccc3)cc2)ccc1C(F)(F)F)N1CC2CCC(C1)O2. The van der Waals surface area contributed by atoms with Crippen LogP contribution < -0.4 is 10.6 Å². The van der Waals surface area contributed by atoms with Crippen molar-refractivity contribution >= 4 is 23.2 Å². The van der Waals surface area contributed by atoms with Gasteiger partial charge in [-0.05, 0) is 61.2 Å². The highest BCUT2D eigenvalue weighted by atomic mass is 19.4. The van der Waals surface area contributed by atoms with E-state index in [4.69, 9.17) is 4.74 Å². The minimum Gasteiger partial charge on any atom is -0.372 e. The third kappa shape index (κ3) is 5.74. The monoisotopic (exact) mass is 523 g/mol. The fourth-order valence-corrected chi connectivity index (χ4v) is 4.99. The van der Waals surface area contributed by atoms with Crippen molar-refractivity contribution in [1.82, 2.24) is 4.90 Å². The second kappa shape index (κ2) is 10.6. The number of nitrogens with one attached hydrogen (secondary N) is 2. The van der Waals surface area contributed by atoms with E-state index in [1.165, 1.54) is 6.07 Å². The summed E-state index contributed by atoms with van der Waals surface area (Å²) in [5.74, 6) is -1.02. The van der Waals surface area contributed by atoms with Gasteiger partial charge in [0.25, 0.3) is 5.91 Å². The summed E-state index contributed by atoms with van der Waals surface area (Å²) < 4.78 is 47.0. The molecule has 2 heterocycles. The number of amides is 2. The zero-order valence-corrected chi connectivity index (χ0v) is 20.8.